The van der Waals surface area contributed by atoms with Crippen molar-refractivity contribution >= 4 is 5.69 Å². The molecule has 0 bridgehead atoms. The van der Waals surface area contributed by atoms with Gasteiger partial charge in [0.2, 0.25) is 0 Å². The highest BCUT2D eigenvalue weighted by molar-refractivity contribution is 5.51. The zero-order valence-electron chi connectivity index (χ0n) is 13.0. The molecule has 1 atom stereocenters. The van der Waals surface area contributed by atoms with Gasteiger partial charge in [-0.3, -0.25) is 0 Å². The Morgan fingerprint density at radius 2 is 2.05 bits per heavy atom. The van der Waals surface area contributed by atoms with Crippen molar-refractivity contribution in [2.24, 2.45) is 0 Å². The van der Waals surface area contributed by atoms with Crippen molar-refractivity contribution in [3.8, 4) is 5.69 Å². The maximum absolute atomic E-state index is 3.91. The van der Waals surface area contributed by atoms with Crippen LogP contribution in [0.3, 0.4) is 0 Å². The molecular formula is C16H25N5. The number of nitrogens with zero attached hydrogens (tertiary/aromatic N) is 4. The van der Waals surface area contributed by atoms with Crippen molar-refractivity contribution in [3.63, 3.8) is 0 Å². The number of tetrazole rings is 1. The number of hydrogen-bond donors (Lipinski definition) is 1. The van der Waals surface area contributed by atoms with Crippen LogP contribution in [0.15, 0.2) is 30.6 Å². The maximum atomic E-state index is 3.91. The van der Waals surface area contributed by atoms with Gasteiger partial charge in [-0.1, -0.05) is 45.1 Å². The second-order valence-corrected chi connectivity index (χ2v) is 5.55. The minimum Gasteiger partial charge on any atom is -0.383 e. The molecule has 1 unspecified atom stereocenters. The highest BCUT2D eigenvalue weighted by atomic mass is 15.5. The van der Waals surface area contributed by atoms with Crippen molar-refractivity contribution in [1.29, 1.82) is 0 Å². The molecule has 0 aliphatic carbocycles. The van der Waals surface area contributed by atoms with Crippen LogP contribution in [0.25, 0.3) is 5.69 Å². The van der Waals surface area contributed by atoms with Gasteiger partial charge in [0.05, 0.1) is 5.69 Å². The van der Waals surface area contributed by atoms with Crippen molar-refractivity contribution in [3.05, 3.63) is 30.6 Å². The molecule has 0 radical (unpaired) electrons. The summed E-state index contributed by atoms with van der Waals surface area (Å²) >= 11 is 0. The summed E-state index contributed by atoms with van der Waals surface area (Å²) in [4.78, 5) is 0. The van der Waals surface area contributed by atoms with Crippen molar-refractivity contribution in [2.45, 2.75) is 58.4 Å². The average molecular weight is 287 g/mol. The molecule has 0 amide bonds. The highest BCUT2D eigenvalue weighted by Gasteiger charge is 2.04. The highest BCUT2D eigenvalue weighted by Crippen LogP contribution is 2.16. The van der Waals surface area contributed by atoms with Crippen LogP contribution in [0, 0.1) is 0 Å². The van der Waals surface area contributed by atoms with Gasteiger partial charge in [-0.2, -0.15) is 0 Å². The fraction of sp³-hybridized carbons (Fsp3) is 0.562. The third-order valence-electron chi connectivity index (χ3n) is 3.61. The average Bonchev–Trinajstić information content (AvgIpc) is 3.01. The van der Waals surface area contributed by atoms with E-state index in [0.29, 0.717) is 6.04 Å². The summed E-state index contributed by atoms with van der Waals surface area (Å²) in [6.45, 7) is 4.49. The van der Waals surface area contributed by atoms with Crippen LogP contribution in [0.2, 0.25) is 0 Å². The Bertz CT molecular complexity index is 509. The van der Waals surface area contributed by atoms with Gasteiger partial charge in [-0.05, 0) is 42.0 Å². The summed E-state index contributed by atoms with van der Waals surface area (Å²) in [5, 5.41) is 14.8. The van der Waals surface area contributed by atoms with Gasteiger partial charge in [0.25, 0.3) is 0 Å². The molecule has 1 heterocycles. The van der Waals surface area contributed by atoms with Gasteiger partial charge >= 0.3 is 0 Å². The number of nitrogens with one attached hydrogen (secondary N) is 1. The second-order valence-electron chi connectivity index (χ2n) is 5.55. The lowest BCUT2D eigenvalue weighted by molar-refractivity contribution is 0.578. The smallest absolute Gasteiger partial charge is 0.143 e. The van der Waals surface area contributed by atoms with Crippen LogP contribution in [-0.2, 0) is 0 Å². The molecule has 2 aromatic rings. The van der Waals surface area contributed by atoms with E-state index in [9.17, 15) is 0 Å². The fourth-order valence-corrected chi connectivity index (χ4v) is 2.43. The first kappa shape index (κ1) is 15.5. The third kappa shape index (κ3) is 5.17. The van der Waals surface area contributed by atoms with E-state index in [1.165, 1.54) is 38.5 Å². The lowest BCUT2D eigenvalue weighted by Gasteiger charge is -2.15. The van der Waals surface area contributed by atoms with Crippen LogP contribution in [0.5, 0.6) is 0 Å². The van der Waals surface area contributed by atoms with Crippen LogP contribution >= 0.6 is 0 Å². The molecule has 5 nitrogen and oxygen atoms in total. The predicted octanol–water partition coefficient (Wildman–Crippen LogP) is 3.82. The molecule has 0 aliphatic rings. The molecule has 1 aromatic carbocycles. The minimum absolute atomic E-state index is 0.482. The first-order valence-electron chi connectivity index (χ1n) is 7.89. The molecule has 21 heavy (non-hydrogen) atoms. The molecule has 1 N–H and O–H groups in total. The Kier molecular flexibility index (Phi) is 6.19. The molecule has 5 heteroatoms. The first-order valence-corrected chi connectivity index (χ1v) is 7.89. The fourth-order valence-electron chi connectivity index (χ4n) is 2.43. The van der Waals surface area contributed by atoms with E-state index < -0.39 is 0 Å². The van der Waals surface area contributed by atoms with E-state index in [0.717, 1.165) is 11.4 Å². The molecule has 0 fully saturated rings. The summed E-state index contributed by atoms with van der Waals surface area (Å²) in [6, 6.07) is 8.66. The Balaban J connectivity index is 1.81. The van der Waals surface area contributed by atoms with Crippen LogP contribution in [-0.4, -0.2) is 26.2 Å². The van der Waals surface area contributed by atoms with E-state index in [1.807, 2.05) is 12.1 Å². The summed E-state index contributed by atoms with van der Waals surface area (Å²) in [7, 11) is 0. The number of anilines is 1. The molecule has 114 valence electrons. The second kappa shape index (κ2) is 8.39. The first-order chi connectivity index (χ1) is 10.3. The number of hydrogen-bond acceptors (Lipinski definition) is 4. The third-order valence-corrected chi connectivity index (χ3v) is 3.61. The lowest BCUT2D eigenvalue weighted by atomic mass is 10.1. The van der Waals surface area contributed by atoms with Gasteiger partial charge in [0, 0.05) is 11.7 Å². The summed E-state index contributed by atoms with van der Waals surface area (Å²) in [5.41, 5.74) is 2.09. The van der Waals surface area contributed by atoms with Gasteiger partial charge in [0.15, 0.2) is 0 Å². The van der Waals surface area contributed by atoms with Crippen molar-refractivity contribution in [1.82, 2.24) is 20.2 Å². The maximum Gasteiger partial charge on any atom is 0.143 e. The standard InChI is InChI=1S/C16H25N5/c1-3-4-5-6-7-9-14(2)18-15-10-8-11-16(12-15)21-13-17-19-20-21/h8,10-14,18H,3-7,9H2,1-2H3. The summed E-state index contributed by atoms with van der Waals surface area (Å²) in [5.74, 6) is 0. The van der Waals surface area contributed by atoms with Gasteiger partial charge in [0.1, 0.15) is 6.33 Å². The van der Waals surface area contributed by atoms with Crippen LogP contribution in [0.1, 0.15) is 52.4 Å². The summed E-state index contributed by atoms with van der Waals surface area (Å²) < 4.78 is 1.67. The Labute approximate surface area is 126 Å². The number of rotatable bonds is 9. The minimum atomic E-state index is 0.482. The number of benzene rings is 1. The molecule has 0 saturated carbocycles. The molecule has 2 rings (SSSR count). The monoisotopic (exact) mass is 287 g/mol. The van der Waals surface area contributed by atoms with Crippen molar-refractivity contribution < 1.29 is 0 Å². The van der Waals surface area contributed by atoms with E-state index in [1.54, 1.807) is 11.0 Å². The Hall–Kier alpha value is -1.91. The van der Waals surface area contributed by atoms with Gasteiger partial charge in [-0.25, -0.2) is 4.68 Å². The molecule has 0 spiro atoms. The quantitative estimate of drug-likeness (QED) is 0.712. The van der Waals surface area contributed by atoms with E-state index in [-0.39, 0.29) is 0 Å². The molecule has 1 aromatic heterocycles. The Morgan fingerprint density at radius 1 is 1.19 bits per heavy atom. The van der Waals surface area contributed by atoms with Gasteiger partial charge < -0.3 is 5.32 Å². The molecule has 0 aliphatic heterocycles. The SMILES string of the molecule is CCCCCCCC(C)Nc1cccc(-n2cnnn2)c1. The van der Waals surface area contributed by atoms with Crippen LogP contribution < -0.4 is 5.32 Å². The van der Waals surface area contributed by atoms with Crippen molar-refractivity contribution in [2.75, 3.05) is 5.32 Å². The number of unbranched alkanes of at least 4 members (excludes halogenated alkanes) is 4. The summed E-state index contributed by atoms with van der Waals surface area (Å²) in [6.07, 6.45) is 9.46. The zero-order chi connectivity index (χ0) is 14.9. The Morgan fingerprint density at radius 3 is 2.81 bits per heavy atom. The number of aromatic nitrogens is 4. The van der Waals surface area contributed by atoms with E-state index >= 15 is 0 Å². The molecule has 0 saturated heterocycles. The normalized spacial score (nSPS) is 12.3. The predicted molar refractivity (Wildman–Crippen MR) is 85.6 cm³/mol. The van der Waals surface area contributed by atoms with Crippen LogP contribution in [0.4, 0.5) is 5.69 Å². The largest absolute Gasteiger partial charge is 0.383 e. The topological polar surface area (TPSA) is 55.6 Å². The molecular weight excluding hydrogens is 262 g/mol. The van der Waals surface area contributed by atoms with Gasteiger partial charge in [-0.15, -0.1) is 5.10 Å². The zero-order valence-corrected chi connectivity index (χ0v) is 13.0. The lowest BCUT2D eigenvalue weighted by Crippen LogP contribution is -2.15. The van der Waals surface area contributed by atoms with E-state index in [2.05, 4.69) is 46.8 Å². The van der Waals surface area contributed by atoms with E-state index in [4.69, 9.17) is 0 Å².